The maximum absolute atomic E-state index is 12.6. The third-order valence-electron chi connectivity index (χ3n) is 5.31. The number of nitrogens with one attached hydrogen (secondary N) is 1. The van der Waals surface area contributed by atoms with Gasteiger partial charge in [-0.2, -0.15) is 0 Å². The number of hydrogen-bond donors (Lipinski definition) is 1. The number of amides is 1. The van der Waals surface area contributed by atoms with E-state index in [4.69, 9.17) is 0 Å². The van der Waals surface area contributed by atoms with Crippen molar-refractivity contribution in [3.05, 3.63) is 70.8 Å². The number of piperidine rings is 1. The molecule has 0 unspecified atom stereocenters. The van der Waals surface area contributed by atoms with E-state index in [0.717, 1.165) is 31.1 Å². The highest BCUT2D eigenvalue weighted by atomic mass is 32.2. The summed E-state index contributed by atoms with van der Waals surface area (Å²) < 4.78 is 23.0. The van der Waals surface area contributed by atoms with Crippen LogP contribution in [-0.2, 0) is 28.7 Å². The maximum Gasteiger partial charge on any atom is 0.251 e. The average molecular weight is 415 g/mol. The molecule has 0 aliphatic carbocycles. The van der Waals surface area contributed by atoms with Gasteiger partial charge in [0.1, 0.15) is 0 Å². The molecule has 29 heavy (non-hydrogen) atoms. The molecular weight excluding hydrogens is 384 g/mol. The lowest BCUT2D eigenvalue weighted by Gasteiger charge is -2.31. The highest BCUT2D eigenvalue weighted by Gasteiger charge is 2.17. The van der Waals surface area contributed by atoms with Crippen LogP contribution in [0.4, 0.5) is 0 Å². The van der Waals surface area contributed by atoms with Gasteiger partial charge in [-0.3, -0.25) is 9.69 Å². The van der Waals surface area contributed by atoms with E-state index < -0.39 is 9.84 Å². The van der Waals surface area contributed by atoms with Crippen LogP contribution in [-0.4, -0.2) is 38.6 Å². The van der Waals surface area contributed by atoms with Crippen molar-refractivity contribution in [2.45, 2.75) is 38.6 Å². The molecule has 2 aromatic rings. The van der Waals surface area contributed by atoms with Crippen LogP contribution in [0.15, 0.2) is 48.5 Å². The van der Waals surface area contributed by atoms with E-state index in [0.29, 0.717) is 17.7 Å². The molecule has 6 heteroatoms. The minimum atomic E-state index is -3.14. The van der Waals surface area contributed by atoms with Gasteiger partial charge in [-0.25, -0.2) is 8.42 Å². The Labute approximate surface area is 174 Å². The van der Waals surface area contributed by atoms with Crippen molar-refractivity contribution >= 4 is 15.7 Å². The summed E-state index contributed by atoms with van der Waals surface area (Å²) >= 11 is 0. The molecule has 5 nitrogen and oxygen atoms in total. The lowest BCUT2D eigenvalue weighted by Crippen LogP contribution is -2.34. The van der Waals surface area contributed by atoms with E-state index in [9.17, 15) is 13.2 Å². The second kappa shape index (κ2) is 9.55. The molecule has 1 heterocycles. The second-order valence-electron chi connectivity index (χ2n) is 8.20. The van der Waals surface area contributed by atoms with Crippen LogP contribution in [0.5, 0.6) is 0 Å². The Balaban J connectivity index is 1.64. The number of nitrogens with zero attached hydrogens (tertiary/aromatic N) is 1. The first-order valence-electron chi connectivity index (χ1n) is 10.1. The molecule has 1 atom stereocenters. The highest BCUT2D eigenvalue weighted by molar-refractivity contribution is 7.89. The fourth-order valence-corrected chi connectivity index (χ4v) is 4.72. The van der Waals surface area contributed by atoms with Crippen molar-refractivity contribution in [1.29, 1.82) is 0 Å². The third-order valence-corrected chi connectivity index (χ3v) is 6.17. The second-order valence-corrected chi connectivity index (χ2v) is 10.3. The summed E-state index contributed by atoms with van der Waals surface area (Å²) in [7, 11) is -3.14. The molecule has 1 aliphatic heterocycles. The minimum absolute atomic E-state index is 0.0643. The molecule has 1 aliphatic rings. The van der Waals surface area contributed by atoms with Crippen LogP contribution >= 0.6 is 0 Å². The first kappa shape index (κ1) is 21.5. The van der Waals surface area contributed by atoms with Gasteiger partial charge in [0, 0.05) is 31.5 Å². The Morgan fingerprint density at radius 1 is 1.14 bits per heavy atom. The van der Waals surface area contributed by atoms with Crippen molar-refractivity contribution in [3.63, 3.8) is 0 Å². The normalized spacial score (nSPS) is 17.8. The minimum Gasteiger partial charge on any atom is -0.348 e. The van der Waals surface area contributed by atoms with Crippen LogP contribution in [0.1, 0.15) is 46.8 Å². The van der Waals surface area contributed by atoms with Crippen molar-refractivity contribution in [1.82, 2.24) is 10.2 Å². The number of rotatable bonds is 7. The molecule has 0 aromatic heterocycles. The van der Waals surface area contributed by atoms with Crippen molar-refractivity contribution in [2.24, 2.45) is 5.92 Å². The molecule has 0 saturated carbocycles. The number of carbonyl (C=O) groups is 1. The number of likely N-dealkylation sites (tertiary alicyclic amines) is 1. The Kier molecular flexibility index (Phi) is 7.09. The molecule has 1 N–H and O–H groups in total. The summed E-state index contributed by atoms with van der Waals surface area (Å²) in [4.78, 5) is 15.1. The number of sulfone groups is 1. The third kappa shape index (κ3) is 6.68. The zero-order valence-corrected chi connectivity index (χ0v) is 18.0. The van der Waals surface area contributed by atoms with Gasteiger partial charge < -0.3 is 5.32 Å². The van der Waals surface area contributed by atoms with Gasteiger partial charge in [-0.15, -0.1) is 0 Å². The summed E-state index contributed by atoms with van der Waals surface area (Å²) in [5.41, 5.74) is 3.47. The summed E-state index contributed by atoms with van der Waals surface area (Å²) in [6, 6.07) is 15.0. The lowest BCUT2D eigenvalue weighted by atomic mass is 9.99. The molecule has 1 amide bonds. The van der Waals surface area contributed by atoms with Crippen LogP contribution in [0.2, 0.25) is 0 Å². The Bertz CT molecular complexity index is 956. The topological polar surface area (TPSA) is 66.5 Å². The van der Waals surface area contributed by atoms with E-state index in [1.54, 1.807) is 24.3 Å². The van der Waals surface area contributed by atoms with Gasteiger partial charge >= 0.3 is 0 Å². The zero-order valence-electron chi connectivity index (χ0n) is 17.2. The van der Waals surface area contributed by atoms with E-state index in [1.807, 2.05) is 12.1 Å². The van der Waals surface area contributed by atoms with Crippen LogP contribution in [0.25, 0.3) is 0 Å². The van der Waals surface area contributed by atoms with E-state index >= 15 is 0 Å². The Morgan fingerprint density at radius 3 is 2.62 bits per heavy atom. The van der Waals surface area contributed by atoms with Crippen LogP contribution < -0.4 is 5.32 Å². The molecule has 0 radical (unpaired) electrons. The zero-order chi connectivity index (χ0) is 20.9. The van der Waals surface area contributed by atoms with Gasteiger partial charge in [-0.05, 0) is 54.1 Å². The van der Waals surface area contributed by atoms with Crippen LogP contribution in [0.3, 0.4) is 0 Å². The summed E-state index contributed by atoms with van der Waals surface area (Å²) in [5, 5.41) is 2.98. The molecule has 0 bridgehead atoms. The van der Waals surface area contributed by atoms with E-state index in [1.165, 1.54) is 24.7 Å². The largest absolute Gasteiger partial charge is 0.348 e. The fraction of sp³-hybridized carbons (Fsp3) is 0.435. The smallest absolute Gasteiger partial charge is 0.251 e. The standard InChI is InChI=1S/C23H30N2O3S/c1-18-7-6-12-25(15-18)16-22-10-4-3-9-21(22)14-24-23(26)20-11-5-8-19(13-20)17-29(2,27)28/h3-5,8-11,13,18H,6-7,12,14-17H2,1-2H3,(H,24,26)/t18-/m1/s1. The molecule has 3 rings (SSSR count). The number of hydrogen-bond acceptors (Lipinski definition) is 4. The average Bonchev–Trinajstić information content (AvgIpc) is 2.66. The molecule has 156 valence electrons. The predicted octanol–water partition coefficient (Wildman–Crippen LogP) is 3.39. The highest BCUT2D eigenvalue weighted by Crippen LogP contribution is 2.19. The van der Waals surface area contributed by atoms with Crippen LogP contribution in [0, 0.1) is 5.92 Å². The number of benzene rings is 2. The molecule has 1 saturated heterocycles. The Morgan fingerprint density at radius 2 is 1.90 bits per heavy atom. The Hall–Kier alpha value is -2.18. The quantitative estimate of drug-likeness (QED) is 0.754. The summed E-state index contributed by atoms with van der Waals surface area (Å²) in [6.07, 6.45) is 3.73. The predicted molar refractivity (Wildman–Crippen MR) is 116 cm³/mol. The lowest BCUT2D eigenvalue weighted by molar-refractivity contribution is 0.0950. The maximum atomic E-state index is 12.6. The van der Waals surface area contributed by atoms with E-state index in [2.05, 4.69) is 29.3 Å². The molecular formula is C23H30N2O3S. The first-order valence-corrected chi connectivity index (χ1v) is 12.2. The summed E-state index contributed by atoms with van der Waals surface area (Å²) in [6.45, 7) is 5.90. The first-order chi connectivity index (χ1) is 13.8. The van der Waals surface area contributed by atoms with Gasteiger partial charge in [0.2, 0.25) is 0 Å². The number of carbonyl (C=O) groups excluding carboxylic acids is 1. The molecule has 0 spiro atoms. The monoisotopic (exact) mass is 414 g/mol. The van der Waals surface area contributed by atoms with Gasteiger partial charge in [0.25, 0.3) is 5.91 Å². The summed E-state index contributed by atoms with van der Waals surface area (Å²) in [5.74, 6) is 0.474. The van der Waals surface area contributed by atoms with Gasteiger partial charge in [0.05, 0.1) is 5.75 Å². The van der Waals surface area contributed by atoms with Crippen molar-refractivity contribution < 1.29 is 13.2 Å². The van der Waals surface area contributed by atoms with Crippen molar-refractivity contribution in [2.75, 3.05) is 19.3 Å². The van der Waals surface area contributed by atoms with Gasteiger partial charge in [0.15, 0.2) is 9.84 Å². The van der Waals surface area contributed by atoms with Gasteiger partial charge in [-0.1, -0.05) is 43.3 Å². The van der Waals surface area contributed by atoms with E-state index in [-0.39, 0.29) is 11.7 Å². The van der Waals surface area contributed by atoms with Crippen molar-refractivity contribution in [3.8, 4) is 0 Å². The molecule has 2 aromatic carbocycles. The SMILES string of the molecule is C[C@@H]1CCCN(Cc2ccccc2CNC(=O)c2cccc(CS(C)(=O)=O)c2)C1. The fourth-order valence-electron chi connectivity index (χ4n) is 3.94. The molecule has 1 fully saturated rings.